The van der Waals surface area contributed by atoms with Crippen LogP contribution >= 0.6 is 22.7 Å². The molecular weight excluding hydrogens is 282 g/mol. The van der Waals surface area contributed by atoms with Crippen LogP contribution in [0.3, 0.4) is 0 Å². The van der Waals surface area contributed by atoms with Crippen LogP contribution in [-0.2, 0) is 0 Å². The fraction of sp³-hybridized carbons (Fsp3) is 0.0833. The number of carbonyl (C=O) groups is 1. The van der Waals surface area contributed by atoms with Crippen molar-refractivity contribution in [3.05, 3.63) is 41.2 Å². The van der Waals surface area contributed by atoms with Gasteiger partial charge in [-0.05, 0) is 30.5 Å². The highest BCUT2D eigenvalue weighted by Crippen LogP contribution is 2.29. The van der Waals surface area contributed by atoms with Crippen LogP contribution in [0, 0.1) is 6.92 Å². The normalized spacial score (nSPS) is 10.6. The Kier molecular flexibility index (Phi) is 3.14. The zero-order valence-electron chi connectivity index (χ0n) is 9.91. The van der Waals surface area contributed by atoms with E-state index in [-0.39, 0.29) is 11.7 Å². The fourth-order valence-electron chi connectivity index (χ4n) is 1.49. The summed E-state index contributed by atoms with van der Waals surface area (Å²) in [5.74, 6) is 0.647. The standard InChI is InChI=1S/C12H9N3O2S2/c1-7-4-5-8(17-7)10(16)13-12-15-14-11(19-12)9-3-2-6-18-9/h2-6H,1H3,(H,13,15,16). The first-order valence-corrected chi connectivity index (χ1v) is 7.17. The SMILES string of the molecule is Cc1ccc(C(=O)Nc2nnc(-c3cccs3)s2)o1. The third kappa shape index (κ3) is 2.56. The average molecular weight is 291 g/mol. The molecule has 0 fully saturated rings. The molecule has 0 aliphatic rings. The first-order valence-electron chi connectivity index (χ1n) is 5.47. The number of carbonyl (C=O) groups excluding carboxylic acids is 1. The van der Waals surface area contributed by atoms with Crippen molar-refractivity contribution >= 4 is 33.7 Å². The first-order chi connectivity index (χ1) is 9.22. The average Bonchev–Trinajstić information content (AvgIpc) is 3.07. The van der Waals surface area contributed by atoms with E-state index in [1.807, 2.05) is 17.5 Å². The van der Waals surface area contributed by atoms with Crippen molar-refractivity contribution in [2.24, 2.45) is 0 Å². The molecule has 96 valence electrons. The van der Waals surface area contributed by atoms with Crippen LogP contribution in [0.25, 0.3) is 9.88 Å². The lowest BCUT2D eigenvalue weighted by Crippen LogP contribution is -2.10. The van der Waals surface area contributed by atoms with Crippen molar-refractivity contribution in [3.63, 3.8) is 0 Å². The van der Waals surface area contributed by atoms with Crippen LogP contribution in [0.4, 0.5) is 5.13 Å². The quantitative estimate of drug-likeness (QED) is 0.803. The van der Waals surface area contributed by atoms with Gasteiger partial charge in [-0.3, -0.25) is 10.1 Å². The lowest BCUT2D eigenvalue weighted by molar-refractivity contribution is 0.0995. The summed E-state index contributed by atoms with van der Waals surface area (Å²) < 4.78 is 5.24. The molecule has 0 aliphatic heterocycles. The summed E-state index contributed by atoms with van der Waals surface area (Å²) in [5, 5.41) is 13.9. The van der Waals surface area contributed by atoms with Gasteiger partial charge in [-0.15, -0.1) is 21.5 Å². The smallest absolute Gasteiger partial charge is 0.293 e. The Balaban J connectivity index is 1.76. The van der Waals surface area contributed by atoms with E-state index in [0.717, 1.165) is 9.88 Å². The Bertz CT molecular complexity index is 700. The first kappa shape index (κ1) is 12.1. The highest BCUT2D eigenvalue weighted by molar-refractivity contribution is 7.23. The van der Waals surface area contributed by atoms with E-state index < -0.39 is 0 Å². The Morgan fingerprint density at radius 2 is 2.21 bits per heavy atom. The molecule has 3 aromatic rings. The van der Waals surface area contributed by atoms with E-state index in [1.165, 1.54) is 11.3 Å². The van der Waals surface area contributed by atoms with E-state index in [1.54, 1.807) is 30.4 Å². The van der Waals surface area contributed by atoms with Crippen molar-refractivity contribution in [1.29, 1.82) is 0 Å². The van der Waals surface area contributed by atoms with Crippen molar-refractivity contribution in [1.82, 2.24) is 10.2 Å². The van der Waals surface area contributed by atoms with Gasteiger partial charge in [-0.1, -0.05) is 17.4 Å². The van der Waals surface area contributed by atoms with Crippen molar-refractivity contribution in [2.75, 3.05) is 5.32 Å². The predicted octanol–water partition coefficient (Wildman–Crippen LogP) is 3.42. The second-order valence-corrected chi connectivity index (χ2v) is 5.68. The maximum Gasteiger partial charge on any atom is 0.293 e. The summed E-state index contributed by atoms with van der Waals surface area (Å²) in [4.78, 5) is 12.9. The Labute approximate surface area is 116 Å². The second-order valence-electron chi connectivity index (χ2n) is 3.75. The molecule has 0 aliphatic carbocycles. The van der Waals surface area contributed by atoms with Crippen molar-refractivity contribution in [2.45, 2.75) is 6.92 Å². The number of rotatable bonds is 3. The molecule has 7 heteroatoms. The Morgan fingerprint density at radius 3 is 2.89 bits per heavy atom. The fourth-order valence-corrected chi connectivity index (χ4v) is 3.02. The van der Waals surface area contributed by atoms with Crippen LogP contribution < -0.4 is 5.32 Å². The number of nitrogens with zero attached hydrogens (tertiary/aromatic N) is 2. The summed E-state index contributed by atoms with van der Waals surface area (Å²) in [5.41, 5.74) is 0. The molecule has 1 amide bonds. The minimum atomic E-state index is -0.318. The molecule has 3 heterocycles. The molecular formula is C12H9N3O2S2. The van der Waals surface area contributed by atoms with Gasteiger partial charge in [-0.25, -0.2) is 0 Å². The lowest BCUT2D eigenvalue weighted by Gasteiger charge is -1.96. The Hall–Kier alpha value is -1.99. The predicted molar refractivity (Wildman–Crippen MR) is 74.6 cm³/mol. The summed E-state index contributed by atoms with van der Waals surface area (Å²) in [6, 6.07) is 7.29. The Morgan fingerprint density at radius 1 is 1.32 bits per heavy atom. The van der Waals surface area contributed by atoms with Gasteiger partial charge in [0.1, 0.15) is 5.76 Å². The second kappa shape index (κ2) is 4.94. The number of amides is 1. The van der Waals surface area contributed by atoms with E-state index in [9.17, 15) is 4.79 Å². The zero-order valence-corrected chi connectivity index (χ0v) is 11.5. The third-order valence-corrected chi connectivity index (χ3v) is 4.22. The molecule has 0 aromatic carbocycles. The molecule has 0 unspecified atom stereocenters. The van der Waals surface area contributed by atoms with Crippen LogP contribution in [-0.4, -0.2) is 16.1 Å². The molecule has 0 saturated heterocycles. The topological polar surface area (TPSA) is 68.0 Å². The van der Waals surface area contributed by atoms with Crippen LogP contribution in [0.2, 0.25) is 0 Å². The number of hydrogen-bond acceptors (Lipinski definition) is 6. The number of anilines is 1. The van der Waals surface area contributed by atoms with Crippen molar-refractivity contribution in [3.8, 4) is 9.88 Å². The van der Waals surface area contributed by atoms with Crippen LogP contribution in [0.15, 0.2) is 34.1 Å². The van der Waals surface area contributed by atoms with Gasteiger partial charge in [0.2, 0.25) is 5.13 Å². The maximum absolute atomic E-state index is 11.9. The van der Waals surface area contributed by atoms with Crippen LogP contribution in [0.5, 0.6) is 0 Å². The number of aryl methyl sites for hydroxylation is 1. The summed E-state index contributed by atoms with van der Waals surface area (Å²) >= 11 is 2.92. The van der Waals surface area contributed by atoms with Crippen LogP contribution in [0.1, 0.15) is 16.3 Å². The third-order valence-electron chi connectivity index (χ3n) is 2.34. The molecule has 0 saturated carbocycles. The molecule has 3 rings (SSSR count). The number of nitrogens with one attached hydrogen (secondary N) is 1. The molecule has 19 heavy (non-hydrogen) atoms. The van der Waals surface area contributed by atoms with Gasteiger partial charge in [0.25, 0.3) is 5.91 Å². The minimum absolute atomic E-state index is 0.269. The largest absolute Gasteiger partial charge is 0.456 e. The van der Waals surface area contributed by atoms with Gasteiger partial charge in [-0.2, -0.15) is 0 Å². The lowest BCUT2D eigenvalue weighted by atomic mass is 10.4. The zero-order chi connectivity index (χ0) is 13.2. The van der Waals surface area contributed by atoms with E-state index in [4.69, 9.17) is 4.42 Å². The van der Waals surface area contributed by atoms with Gasteiger partial charge in [0.15, 0.2) is 10.8 Å². The molecule has 0 radical (unpaired) electrons. The molecule has 0 atom stereocenters. The molecule has 1 N–H and O–H groups in total. The number of furan rings is 1. The molecule has 0 bridgehead atoms. The number of hydrogen-bond donors (Lipinski definition) is 1. The summed E-state index contributed by atoms with van der Waals surface area (Å²) in [6.45, 7) is 1.79. The molecule has 0 spiro atoms. The number of aromatic nitrogens is 2. The van der Waals surface area contributed by atoms with Crippen molar-refractivity contribution < 1.29 is 9.21 Å². The molecule has 5 nitrogen and oxygen atoms in total. The van der Waals surface area contributed by atoms with E-state index in [2.05, 4.69) is 15.5 Å². The van der Waals surface area contributed by atoms with Gasteiger partial charge in [0, 0.05) is 0 Å². The van der Waals surface area contributed by atoms with E-state index in [0.29, 0.717) is 10.9 Å². The summed E-state index contributed by atoms with van der Waals surface area (Å²) in [6.07, 6.45) is 0. The monoisotopic (exact) mass is 291 g/mol. The highest BCUT2D eigenvalue weighted by atomic mass is 32.1. The van der Waals surface area contributed by atoms with Gasteiger partial charge >= 0.3 is 0 Å². The molecule has 3 aromatic heterocycles. The summed E-state index contributed by atoms with van der Waals surface area (Å²) in [7, 11) is 0. The van der Waals surface area contributed by atoms with E-state index >= 15 is 0 Å². The van der Waals surface area contributed by atoms with Gasteiger partial charge in [0.05, 0.1) is 4.88 Å². The maximum atomic E-state index is 11.9. The van der Waals surface area contributed by atoms with Gasteiger partial charge < -0.3 is 4.42 Å². The minimum Gasteiger partial charge on any atom is -0.456 e. The highest BCUT2D eigenvalue weighted by Gasteiger charge is 2.14. The number of thiophene rings is 1.